The van der Waals surface area contributed by atoms with E-state index < -0.39 is 0 Å². The third kappa shape index (κ3) is 1.65. The lowest BCUT2D eigenvalue weighted by Crippen LogP contribution is -2.21. The Balaban J connectivity index is 2.89. The summed E-state index contributed by atoms with van der Waals surface area (Å²) in [7, 11) is 0. The summed E-state index contributed by atoms with van der Waals surface area (Å²) in [4.78, 5) is 17.3. The topological polar surface area (TPSA) is 47.0 Å². The Morgan fingerprint density at radius 1 is 1.27 bits per heavy atom. The summed E-state index contributed by atoms with van der Waals surface area (Å²) in [5, 5.41) is 0.713. The van der Waals surface area contributed by atoms with Crippen LogP contribution in [-0.2, 0) is 5.41 Å². The van der Waals surface area contributed by atoms with Crippen LogP contribution in [0, 0.1) is 0 Å². The molecular formula is C12H15N2O+. The molecule has 0 atom stereocenters. The highest BCUT2D eigenvalue weighted by Crippen LogP contribution is 2.25. The number of benzene rings is 1. The van der Waals surface area contributed by atoms with Crippen LogP contribution in [0.1, 0.15) is 26.3 Å². The minimum Gasteiger partial charge on any atom is -0.246 e. The van der Waals surface area contributed by atoms with Gasteiger partial charge in [-0.1, -0.05) is 32.9 Å². The summed E-state index contributed by atoms with van der Waals surface area (Å²) in [6.07, 6.45) is 1.58. The summed E-state index contributed by atoms with van der Waals surface area (Å²) in [6.45, 7) is 6.41. The van der Waals surface area contributed by atoms with E-state index in [4.69, 9.17) is 0 Å². The quantitative estimate of drug-likeness (QED) is 0.695. The molecule has 0 bridgehead atoms. The van der Waals surface area contributed by atoms with Crippen LogP contribution in [0.25, 0.3) is 10.9 Å². The fraction of sp³-hybridized carbons (Fsp3) is 0.333. The largest absolute Gasteiger partial charge is 0.342 e. The number of rotatable bonds is 0. The van der Waals surface area contributed by atoms with Gasteiger partial charge in [-0.3, -0.25) is 0 Å². The minimum absolute atomic E-state index is 0.0316. The van der Waals surface area contributed by atoms with Crippen LogP contribution in [0.5, 0.6) is 0 Å². The van der Waals surface area contributed by atoms with Crippen LogP contribution < -0.4 is 10.5 Å². The summed E-state index contributed by atoms with van der Waals surface area (Å²) in [5.41, 5.74) is 2.07. The molecule has 0 spiro atoms. The van der Waals surface area contributed by atoms with E-state index >= 15 is 0 Å². The van der Waals surface area contributed by atoms with Crippen molar-refractivity contribution >= 4 is 10.9 Å². The Kier molecular flexibility index (Phi) is 2.11. The van der Waals surface area contributed by atoms with Gasteiger partial charge in [0.1, 0.15) is 10.9 Å². The molecule has 0 aliphatic heterocycles. The molecule has 0 amide bonds. The number of nitrogens with one attached hydrogen (secondary N) is 2. The number of hydrogen-bond donors (Lipinski definition) is 1. The molecule has 1 heterocycles. The van der Waals surface area contributed by atoms with Crippen molar-refractivity contribution in [3.05, 3.63) is 40.4 Å². The Morgan fingerprint density at radius 2 is 2.00 bits per heavy atom. The molecule has 0 unspecified atom stereocenters. The Labute approximate surface area is 88.2 Å². The maximum Gasteiger partial charge on any atom is 0.342 e. The first-order valence-corrected chi connectivity index (χ1v) is 5.03. The van der Waals surface area contributed by atoms with Gasteiger partial charge in [-0.05, 0) is 11.5 Å². The Morgan fingerprint density at radius 3 is 2.67 bits per heavy atom. The lowest BCUT2D eigenvalue weighted by atomic mass is 9.85. The fourth-order valence-corrected chi connectivity index (χ4v) is 1.77. The average Bonchev–Trinajstić information content (AvgIpc) is 2.16. The van der Waals surface area contributed by atoms with Gasteiger partial charge >= 0.3 is 5.56 Å². The fourth-order valence-electron chi connectivity index (χ4n) is 1.77. The molecule has 0 saturated heterocycles. The number of hydrogen-bond acceptors (Lipinski definition) is 1. The van der Waals surface area contributed by atoms with Gasteiger partial charge in [-0.15, -0.1) is 0 Å². The highest BCUT2D eigenvalue weighted by atomic mass is 16.1. The van der Waals surface area contributed by atoms with E-state index in [-0.39, 0.29) is 11.0 Å². The molecule has 2 N–H and O–H groups in total. The van der Waals surface area contributed by atoms with E-state index in [0.29, 0.717) is 5.39 Å². The van der Waals surface area contributed by atoms with Crippen molar-refractivity contribution < 1.29 is 4.98 Å². The van der Waals surface area contributed by atoms with E-state index in [1.165, 1.54) is 0 Å². The number of aromatic nitrogens is 2. The first-order chi connectivity index (χ1) is 7.00. The van der Waals surface area contributed by atoms with Gasteiger partial charge in [0.25, 0.3) is 0 Å². The smallest absolute Gasteiger partial charge is 0.246 e. The molecule has 3 heteroatoms. The van der Waals surface area contributed by atoms with Gasteiger partial charge in [0.2, 0.25) is 6.33 Å². The van der Waals surface area contributed by atoms with Crippen molar-refractivity contribution in [3.8, 4) is 0 Å². The standard InChI is InChI=1S/C12H14N2O/c1-12(2,3)9-6-4-5-8-10(9)13-7-14-11(8)15/h4-7H,1-3H3,(H,13,14,15)/p+1. The predicted molar refractivity (Wildman–Crippen MR) is 59.8 cm³/mol. The van der Waals surface area contributed by atoms with E-state index in [2.05, 4.69) is 36.8 Å². The molecule has 1 aromatic carbocycles. The van der Waals surface area contributed by atoms with Crippen molar-refractivity contribution in [2.45, 2.75) is 26.2 Å². The molecule has 0 aliphatic carbocycles. The Hall–Kier alpha value is -1.64. The highest BCUT2D eigenvalue weighted by molar-refractivity contribution is 5.78. The van der Waals surface area contributed by atoms with Crippen LogP contribution in [0.15, 0.2) is 29.3 Å². The molecule has 15 heavy (non-hydrogen) atoms. The first kappa shape index (κ1) is 9.90. The molecule has 0 radical (unpaired) electrons. The SMILES string of the molecule is CC(C)(C)c1cccc2c(=O)[nH]c[nH+]c12. The van der Waals surface area contributed by atoms with Crippen molar-refractivity contribution in [2.24, 2.45) is 0 Å². The van der Waals surface area contributed by atoms with Crippen LogP contribution in [0.2, 0.25) is 0 Å². The van der Waals surface area contributed by atoms with E-state index in [1.807, 2.05) is 12.1 Å². The highest BCUT2D eigenvalue weighted by Gasteiger charge is 2.19. The number of fused-ring (bicyclic) bond motifs is 1. The van der Waals surface area contributed by atoms with Gasteiger partial charge in [-0.25, -0.2) is 14.8 Å². The lowest BCUT2D eigenvalue weighted by molar-refractivity contribution is -0.350. The van der Waals surface area contributed by atoms with Crippen molar-refractivity contribution in [2.75, 3.05) is 0 Å². The maximum atomic E-state index is 11.6. The summed E-state index contributed by atoms with van der Waals surface area (Å²) < 4.78 is 0. The second-order valence-corrected chi connectivity index (χ2v) is 4.74. The van der Waals surface area contributed by atoms with E-state index in [0.717, 1.165) is 11.1 Å². The Bertz CT molecular complexity index is 549. The van der Waals surface area contributed by atoms with Crippen molar-refractivity contribution in [1.82, 2.24) is 4.98 Å². The average molecular weight is 203 g/mol. The van der Waals surface area contributed by atoms with Gasteiger partial charge in [0, 0.05) is 5.56 Å². The summed E-state index contributed by atoms with van der Waals surface area (Å²) in [5.74, 6) is 0. The molecule has 78 valence electrons. The van der Waals surface area contributed by atoms with Crippen LogP contribution in [0.3, 0.4) is 0 Å². The van der Waals surface area contributed by atoms with E-state index in [1.54, 1.807) is 6.33 Å². The molecule has 2 aromatic rings. The van der Waals surface area contributed by atoms with Gasteiger partial charge in [-0.2, -0.15) is 0 Å². The normalized spacial score (nSPS) is 11.9. The maximum absolute atomic E-state index is 11.6. The van der Waals surface area contributed by atoms with Crippen molar-refractivity contribution in [3.63, 3.8) is 0 Å². The molecular weight excluding hydrogens is 188 g/mol. The second kappa shape index (κ2) is 3.19. The van der Waals surface area contributed by atoms with Crippen molar-refractivity contribution in [1.29, 1.82) is 0 Å². The van der Waals surface area contributed by atoms with Crippen LogP contribution >= 0.6 is 0 Å². The van der Waals surface area contributed by atoms with Gasteiger partial charge < -0.3 is 0 Å². The molecule has 3 nitrogen and oxygen atoms in total. The third-order valence-electron chi connectivity index (χ3n) is 2.54. The van der Waals surface area contributed by atoms with E-state index in [9.17, 15) is 4.79 Å². The number of aromatic amines is 2. The molecule has 1 aromatic heterocycles. The van der Waals surface area contributed by atoms with Gasteiger partial charge in [0.15, 0.2) is 0 Å². The molecule has 0 aliphatic rings. The molecule has 2 rings (SSSR count). The minimum atomic E-state index is -0.0464. The summed E-state index contributed by atoms with van der Waals surface area (Å²) >= 11 is 0. The number of para-hydroxylation sites is 1. The zero-order valence-electron chi connectivity index (χ0n) is 9.22. The lowest BCUT2D eigenvalue weighted by Gasteiger charge is -2.18. The second-order valence-electron chi connectivity index (χ2n) is 4.74. The van der Waals surface area contributed by atoms with Crippen LogP contribution in [-0.4, -0.2) is 4.98 Å². The third-order valence-corrected chi connectivity index (χ3v) is 2.54. The number of H-pyrrole nitrogens is 2. The first-order valence-electron chi connectivity index (χ1n) is 5.03. The van der Waals surface area contributed by atoms with Gasteiger partial charge in [0.05, 0.1) is 0 Å². The predicted octanol–water partition coefficient (Wildman–Crippen LogP) is 1.64. The van der Waals surface area contributed by atoms with Crippen LogP contribution in [0.4, 0.5) is 0 Å². The molecule has 0 saturated carbocycles. The zero-order valence-corrected chi connectivity index (χ0v) is 9.22. The zero-order chi connectivity index (χ0) is 11.1. The molecule has 0 fully saturated rings. The monoisotopic (exact) mass is 203 g/mol. The summed E-state index contributed by atoms with van der Waals surface area (Å²) in [6, 6.07) is 5.81.